The van der Waals surface area contributed by atoms with E-state index in [4.69, 9.17) is 9.47 Å². The van der Waals surface area contributed by atoms with Crippen LogP contribution in [-0.2, 0) is 9.59 Å². The van der Waals surface area contributed by atoms with Crippen molar-refractivity contribution in [3.63, 3.8) is 0 Å². The van der Waals surface area contributed by atoms with Crippen LogP contribution in [0.1, 0.15) is 36.1 Å². The van der Waals surface area contributed by atoms with Gasteiger partial charge in [-0.1, -0.05) is 47.2 Å². The summed E-state index contributed by atoms with van der Waals surface area (Å²) in [6, 6.07) is 18.8. The molecule has 0 unspecified atom stereocenters. The largest absolute Gasteiger partial charge is 0.452 e. The van der Waals surface area contributed by atoms with Gasteiger partial charge in [0.15, 0.2) is 21.7 Å². The number of hydrogen-bond donors (Lipinski definition) is 0. The van der Waals surface area contributed by atoms with Crippen LogP contribution in [0.5, 0.6) is 11.5 Å². The molecule has 4 nitrogen and oxygen atoms in total. The Morgan fingerprint density at radius 3 is 1.39 bits per heavy atom. The van der Waals surface area contributed by atoms with Crippen molar-refractivity contribution in [3.05, 3.63) is 82.9 Å². The van der Waals surface area contributed by atoms with Crippen molar-refractivity contribution in [1.82, 2.24) is 0 Å². The highest BCUT2D eigenvalue weighted by molar-refractivity contribution is 8.13. The van der Waals surface area contributed by atoms with Crippen LogP contribution in [0.25, 0.3) is 0 Å². The van der Waals surface area contributed by atoms with Crippen molar-refractivity contribution < 1.29 is 19.1 Å². The Kier molecular flexibility index (Phi) is 7.10. The number of hydrogen-bond acceptors (Lipinski definition) is 6. The van der Waals surface area contributed by atoms with Crippen molar-refractivity contribution in [3.8, 4) is 35.2 Å². The molecule has 0 fully saturated rings. The maximum Gasteiger partial charge on any atom is 0.231 e. The first kappa shape index (κ1) is 22.6. The average molecular weight is 471 g/mol. The Balaban J connectivity index is 1.54. The van der Waals surface area contributed by atoms with Gasteiger partial charge < -0.3 is 9.47 Å². The van der Waals surface area contributed by atoms with Gasteiger partial charge in [-0.05, 0) is 60.7 Å². The second-order valence-corrected chi connectivity index (χ2v) is 9.46. The van der Waals surface area contributed by atoms with Crippen molar-refractivity contribution in [2.24, 2.45) is 0 Å². The molecule has 4 rings (SSSR count). The van der Waals surface area contributed by atoms with Crippen molar-refractivity contribution >= 4 is 33.8 Å². The maximum absolute atomic E-state index is 11.2. The molecule has 0 atom stereocenters. The Bertz CT molecular complexity index is 1230. The monoisotopic (exact) mass is 470 g/mol. The third kappa shape index (κ3) is 6.02. The standard InChI is InChI=1S/C27H18O4S2/c1-18(28)32-24-13-5-20(6-14-24)3-9-22-11-12-23(27-26(22)30-17-31-27)10-4-21-7-15-25(16-8-21)33-19(2)29/h5-8,11-16H,17H2,1-2H3. The smallest absolute Gasteiger partial charge is 0.231 e. The zero-order valence-corrected chi connectivity index (χ0v) is 19.6. The third-order valence-corrected chi connectivity index (χ3v) is 6.02. The molecular weight excluding hydrogens is 452 g/mol. The molecule has 6 heteroatoms. The van der Waals surface area contributed by atoms with Crippen LogP contribution < -0.4 is 9.47 Å². The van der Waals surface area contributed by atoms with Gasteiger partial charge in [0, 0.05) is 34.8 Å². The molecule has 1 heterocycles. The SMILES string of the molecule is CC(=O)Sc1ccc(C#Cc2ccc(C#Cc3ccc(SC(C)=O)cc3)c3c2OCO3)cc1. The van der Waals surface area contributed by atoms with Crippen LogP contribution in [0.15, 0.2) is 70.5 Å². The van der Waals surface area contributed by atoms with Gasteiger partial charge in [-0.2, -0.15) is 0 Å². The van der Waals surface area contributed by atoms with Gasteiger partial charge in [0.1, 0.15) is 0 Å². The fourth-order valence-corrected chi connectivity index (χ4v) is 4.23. The van der Waals surface area contributed by atoms with Gasteiger partial charge in [0.05, 0.1) is 11.1 Å². The lowest BCUT2D eigenvalue weighted by atomic mass is 10.1. The molecule has 3 aromatic carbocycles. The molecule has 0 saturated carbocycles. The van der Waals surface area contributed by atoms with E-state index in [2.05, 4.69) is 23.7 Å². The number of rotatable bonds is 2. The highest BCUT2D eigenvalue weighted by atomic mass is 32.2. The fraction of sp³-hybridized carbons (Fsp3) is 0.111. The number of ether oxygens (including phenoxy) is 2. The van der Waals surface area contributed by atoms with Gasteiger partial charge in [-0.15, -0.1) is 0 Å². The second kappa shape index (κ2) is 10.4. The van der Waals surface area contributed by atoms with Gasteiger partial charge in [-0.25, -0.2) is 0 Å². The summed E-state index contributed by atoms with van der Waals surface area (Å²) in [6.07, 6.45) is 0. The van der Waals surface area contributed by atoms with E-state index < -0.39 is 0 Å². The van der Waals surface area contributed by atoms with Crippen molar-refractivity contribution in [2.75, 3.05) is 6.79 Å². The summed E-state index contributed by atoms with van der Waals surface area (Å²) >= 11 is 2.39. The van der Waals surface area contributed by atoms with E-state index >= 15 is 0 Å². The van der Waals surface area contributed by atoms with Crippen molar-refractivity contribution in [2.45, 2.75) is 23.6 Å². The maximum atomic E-state index is 11.2. The number of carbonyl (C=O) groups excluding carboxylic acids is 2. The highest BCUT2D eigenvalue weighted by Crippen LogP contribution is 2.38. The van der Waals surface area contributed by atoms with E-state index in [1.54, 1.807) is 13.8 Å². The van der Waals surface area contributed by atoms with Gasteiger partial charge in [0.2, 0.25) is 6.79 Å². The summed E-state index contributed by atoms with van der Waals surface area (Å²) in [5.41, 5.74) is 3.12. The van der Waals surface area contributed by atoms with E-state index in [-0.39, 0.29) is 17.0 Å². The van der Waals surface area contributed by atoms with Crippen LogP contribution in [0.2, 0.25) is 0 Å². The number of thioether (sulfide) groups is 2. The molecule has 1 aliphatic heterocycles. The second-order valence-electron chi connectivity index (χ2n) is 6.96. The quantitative estimate of drug-likeness (QED) is 0.365. The van der Waals surface area contributed by atoms with Gasteiger partial charge >= 0.3 is 0 Å². The summed E-state index contributed by atoms with van der Waals surface area (Å²) in [4.78, 5) is 24.2. The summed E-state index contributed by atoms with van der Waals surface area (Å²) < 4.78 is 11.3. The molecule has 0 saturated heterocycles. The Hall–Kier alpha value is -3.58. The average Bonchev–Trinajstić information content (AvgIpc) is 3.28. The van der Waals surface area contributed by atoms with E-state index in [1.165, 1.54) is 23.5 Å². The predicted molar refractivity (Wildman–Crippen MR) is 130 cm³/mol. The van der Waals surface area contributed by atoms with Crippen LogP contribution >= 0.6 is 23.5 Å². The summed E-state index contributed by atoms with van der Waals surface area (Å²) in [6.45, 7) is 3.21. The first-order chi connectivity index (χ1) is 16.0. The minimum atomic E-state index is 0.0498. The Labute approximate surface area is 201 Å². The molecule has 0 bridgehead atoms. The summed E-state index contributed by atoms with van der Waals surface area (Å²) in [5, 5.41) is 0.0995. The molecule has 33 heavy (non-hydrogen) atoms. The first-order valence-electron chi connectivity index (χ1n) is 10.0. The molecule has 0 radical (unpaired) electrons. The molecule has 0 aliphatic carbocycles. The molecule has 0 amide bonds. The number of fused-ring (bicyclic) bond motifs is 1. The van der Waals surface area contributed by atoms with Crippen LogP contribution in [0, 0.1) is 23.7 Å². The molecule has 3 aromatic rings. The van der Waals surface area contributed by atoms with E-state index in [0.717, 1.165) is 32.0 Å². The Morgan fingerprint density at radius 2 is 1.03 bits per heavy atom. The highest BCUT2D eigenvalue weighted by Gasteiger charge is 2.20. The van der Waals surface area contributed by atoms with E-state index in [0.29, 0.717) is 11.5 Å². The molecule has 1 aliphatic rings. The normalized spacial score (nSPS) is 11.1. The molecule has 0 N–H and O–H groups in total. The van der Waals surface area contributed by atoms with Crippen molar-refractivity contribution in [1.29, 1.82) is 0 Å². The Morgan fingerprint density at radius 1 is 0.636 bits per heavy atom. The molecular formula is C27H18O4S2. The third-order valence-electron chi connectivity index (χ3n) is 4.43. The lowest BCUT2D eigenvalue weighted by molar-refractivity contribution is -0.109. The number of carbonyl (C=O) groups is 2. The zero-order valence-electron chi connectivity index (χ0n) is 17.9. The van der Waals surface area contributed by atoms with E-state index in [9.17, 15) is 9.59 Å². The topological polar surface area (TPSA) is 52.6 Å². The zero-order chi connectivity index (χ0) is 23.2. The fourth-order valence-electron chi connectivity index (χ4n) is 3.02. The van der Waals surface area contributed by atoms with Gasteiger partial charge in [0.25, 0.3) is 0 Å². The summed E-state index contributed by atoms with van der Waals surface area (Å²) in [7, 11) is 0. The van der Waals surface area contributed by atoms with Crippen LogP contribution in [0.3, 0.4) is 0 Å². The molecule has 162 valence electrons. The van der Waals surface area contributed by atoms with Gasteiger partial charge in [-0.3, -0.25) is 9.59 Å². The predicted octanol–water partition coefficient (Wildman–Crippen LogP) is 5.49. The van der Waals surface area contributed by atoms with Crippen LogP contribution in [-0.4, -0.2) is 17.0 Å². The molecule has 0 aromatic heterocycles. The van der Waals surface area contributed by atoms with Crippen LogP contribution in [0.4, 0.5) is 0 Å². The lowest BCUT2D eigenvalue weighted by Gasteiger charge is -2.02. The minimum absolute atomic E-state index is 0.0498. The van der Waals surface area contributed by atoms with E-state index in [1.807, 2.05) is 60.7 Å². The summed E-state index contributed by atoms with van der Waals surface area (Å²) in [5.74, 6) is 13.7. The number of benzene rings is 3. The lowest BCUT2D eigenvalue weighted by Crippen LogP contribution is -1.94. The first-order valence-corrected chi connectivity index (χ1v) is 11.6. The minimum Gasteiger partial charge on any atom is -0.452 e. The molecule has 0 spiro atoms.